The summed E-state index contributed by atoms with van der Waals surface area (Å²) in [5.74, 6) is 0.452. The van der Waals surface area contributed by atoms with E-state index in [1.54, 1.807) is 12.1 Å². The quantitative estimate of drug-likeness (QED) is 0.620. The van der Waals surface area contributed by atoms with Gasteiger partial charge >= 0.3 is 5.69 Å². The zero-order valence-electron chi connectivity index (χ0n) is 10.3. The van der Waals surface area contributed by atoms with Gasteiger partial charge in [-0.1, -0.05) is 11.3 Å². The van der Waals surface area contributed by atoms with Crippen molar-refractivity contribution in [3.05, 3.63) is 40.3 Å². The van der Waals surface area contributed by atoms with Crippen LogP contribution < -0.4 is 10.0 Å². The lowest BCUT2D eigenvalue weighted by molar-refractivity contribution is -0.383. The number of nitro groups is 1. The number of nitrogens with zero attached hydrogens (tertiary/aromatic N) is 1. The summed E-state index contributed by atoms with van der Waals surface area (Å²) in [6, 6.07) is 4.29. The van der Waals surface area contributed by atoms with Crippen LogP contribution in [0.3, 0.4) is 0 Å². The van der Waals surface area contributed by atoms with E-state index in [0.717, 1.165) is 17.4 Å². The summed E-state index contributed by atoms with van der Waals surface area (Å²) in [7, 11) is -2.33. The minimum absolute atomic E-state index is 0.0179. The number of thiophene rings is 1. The SMILES string of the molecule is CNc1sc(S(=O)(=O)NCc2ccco2)cc1[N+](=O)[O-]. The number of furan rings is 1. The first-order chi connectivity index (χ1) is 9.44. The van der Waals surface area contributed by atoms with Crippen molar-refractivity contribution in [2.45, 2.75) is 10.8 Å². The van der Waals surface area contributed by atoms with E-state index in [2.05, 4.69) is 10.0 Å². The summed E-state index contributed by atoms with van der Waals surface area (Å²) in [6.07, 6.45) is 1.43. The van der Waals surface area contributed by atoms with Gasteiger partial charge in [0.15, 0.2) is 5.00 Å². The van der Waals surface area contributed by atoms with Crippen LogP contribution in [-0.4, -0.2) is 20.4 Å². The third kappa shape index (κ3) is 2.98. The molecule has 0 saturated carbocycles. The largest absolute Gasteiger partial charge is 0.468 e. The van der Waals surface area contributed by atoms with E-state index in [0.29, 0.717) is 5.76 Å². The van der Waals surface area contributed by atoms with Crippen LogP contribution in [0.5, 0.6) is 0 Å². The molecular weight excluding hydrogens is 306 g/mol. The van der Waals surface area contributed by atoms with Crippen LogP contribution in [0.2, 0.25) is 0 Å². The van der Waals surface area contributed by atoms with E-state index >= 15 is 0 Å². The average Bonchev–Trinajstić information content (AvgIpc) is 3.05. The average molecular weight is 317 g/mol. The van der Waals surface area contributed by atoms with Gasteiger partial charge in [0.1, 0.15) is 9.97 Å². The Balaban J connectivity index is 2.23. The van der Waals surface area contributed by atoms with Gasteiger partial charge in [-0.25, -0.2) is 13.1 Å². The molecule has 0 bridgehead atoms. The Morgan fingerprint density at radius 3 is 2.75 bits per heavy atom. The van der Waals surface area contributed by atoms with Crippen LogP contribution in [0.15, 0.2) is 33.1 Å². The van der Waals surface area contributed by atoms with Crippen LogP contribution >= 0.6 is 11.3 Å². The van der Waals surface area contributed by atoms with Crippen molar-refractivity contribution in [2.24, 2.45) is 0 Å². The monoisotopic (exact) mass is 317 g/mol. The van der Waals surface area contributed by atoms with Crippen LogP contribution in [0.25, 0.3) is 0 Å². The van der Waals surface area contributed by atoms with Gasteiger partial charge in [-0.2, -0.15) is 0 Å². The summed E-state index contributed by atoms with van der Waals surface area (Å²) in [5, 5.41) is 13.6. The highest BCUT2D eigenvalue weighted by Gasteiger charge is 2.25. The van der Waals surface area contributed by atoms with E-state index in [9.17, 15) is 18.5 Å². The number of anilines is 1. The van der Waals surface area contributed by atoms with Gasteiger partial charge in [0, 0.05) is 13.1 Å². The van der Waals surface area contributed by atoms with Crippen LogP contribution in [0.1, 0.15) is 5.76 Å². The van der Waals surface area contributed by atoms with Gasteiger partial charge in [-0.15, -0.1) is 0 Å². The molecule has 0 aliphatic carbocycles. The molecule has 2 aromatic rings. The topological polar surface area (TPSA) is 114 Å². The predicted octanol–water partition coefficient (Wildman–Crippen LogP) is 1.77. The molecule has 2 heterocycles. The van der Waals surface area contributed by atoms with Crippen LogP contribution in [0, 0.1) is 10.1 Å². The van der Waals surface area contributed by atoms with E-state index < -0.39 is 14.9 Å². The first-order valence-corrected chi connectivity index (χ1v) is 7.72. The molecule has 0 aliphatic rings. The molecule has 2 N–H and O–H groups in total. The summed E-state index contributed by atoms with van der Waals surface area (Å²) < 4.78 is 31.3. The summed E-state index contributed by atoms with van der Waals surface area (Å²) in [5.41, 5.74) is -0.268. The van der Waals surface area contributed by atoms with E-state index in [1.165, 1.54) is 13.3 Å². The molecule has 0 saturated heterocycles. The van der Waals surface area contributed by atoms with Gasteiger partial charge in [-0.3, -0.25) is 10.1 Å². The molecule has 0 spiro atoms. The fraction of sp³-hybridized carbons (Fsp3) is 0.200. The summed E-state index contributed by atoms with van der Waals surface area (Å²) >= 11 is 0.798. The van der Waals surface area contributed by atoms with Gasteiger partial charge < -0.3 is 9.73 Å². The minimum atomic E-state index is -3.82. The molecule has 0 fully saturated rings. The van der Waals surface area contributed by atoms with Crippen molar-refractivity contribution in [3.8, 4) is 0 Å². The molecule has 2 rings (SSSR count). The molecule has 0 aliphatic heterocycles. The lowest BCUT2D eigenvalue weighted by Crippen LogP contribution is -2.22. The number of rotatable bonds is 6. The minimum Gasteiger partial charge on any atom is -0.468 e. The fourth-order valence-corrected chi connectivity index (χ4v) is 3.78. The third-order valence-corrected chi connectivity index (χ3v) is 5.41. The van der Waals surface area contributed by atoms with Gasteiger partial charge in [0.2, 0.25) is 0 Å². The van der Waals surface area contributed by atoms with Crippen molar-refractivity contribution in [3.63, 3.8) is 0 Å². The molecule has 2 aromatic heterocycles. The lowest BCUT2D eigenvalue weighted by atomic mass is 10.5. The number of hydrogen-bond acceptors (Lipinski definition) is 7. The van der Waals surface area contributed by atoms with E-state index in [-0.39, 0.29) is 21.4 Å². The molecule has 10 heteroatoms. The molecule has 0 radical (unpaired) electrons. The van der Waals surface area contributed by atoms with Crippen molar-refractivity contribution >= 4 is 32.0 Å². The molecule has 0 unspecified atom stereocenters. The highest BCUT2D eigenvalue weighted by atomic mass is 32.2. The van der Waals surface area contributed by atoms with Gasteiger partial charge in [-0.05, 0) is 12.1 Å². The maximum atomic E-state index is 12.0. The lowest BCUT2D eigenvalue weighted by Gasteiger charge is -2.01. The normalized spacial score (nSPS) is 11.4. The maximum Gasteiger partial charge on any atom is 0.304 e. The second-order valence-corrected chi connectivity index (χ2v) is 6.74. The van der Waals surface area contributed by atoms with E-state index in [1.807, 2.05) is 0 Å². The third-order valence-electron chi connectivity index (χ3n) is 2.40. The summed E-state index contributed by atoms with van der Waals surface area (Å²) in [6.45, 7) is -0.0179. The smallest absolute Gasteiger partial charge is 0.304 e. The van der Waals surface area contributed by atoms with Gasteiger partial charge in [0.05, 0.1) is 17.7 Å². The standard InChI is InChI=1S/C10H11N3O5S2/c1-11-10-8(13(14)15)5-9(19-10)20(16,17)12-6-7-3-2-4-18-7/h2-5,11-12H,6H2,1H3. The van der Waals surface area contributed by atoms with Crippen LogP contribution in [0.4, 0.5) is 10.7 Å². The molecule has 108 valence electrons. The second kappa shape index (κ2) is 5.61. The predicted molar refractivity (Wildman–Crippen MR) is 73.3 cm³/mol. The Kier molecular flexibility index (Phi) is 4.06. The van der Waals surface area contributed by atoms with Gasteiger partial charge in [0.25, 0.3) is 10.0 Å². The Morgan fingerprint density at radius 1 is 1.50 bits per heavy atom. The molecule has 0 atom stereocenters. The van der Waals surface area contributed by atoms with Crippen molar-refractivity contribution in [1.29, 1.82) is 0 Å². The van der Waals surface area contributed by atoms with E-state index in [4.69, 9.17) is 4.42 Å². The first-order valence-electron chi connectivity index (χ1n) is 5.42. The van der Waals surface area contributed by atoms with Crippen LogP contribution in [-0.2, 0) is 16.6 Å². The molecule has 20 heavy (non-hydrogen) atoms. The second-order valence-electron chi connectivity index (χ2n) is 3.69. The summed E-state index contributed by atoms with van der Waals surface area (Å²) in [4.78, 5) is 10.2. The fourth-order valence-electron chi connectivity index (χ4n) is 1.46. The zero-order chi connectivity index (χ0) is 14.8. The number of sulfonamides is 1. The number of hydrogen-bond donors (Lipinski definition) is 2. The van der Waals surface area contributed by atoms with Crippen molar-refractivity contribution in [1.82, 2.24) is 4.72 Å². The first kappa shape index (κ1) is 14.5. The Hall–Kier alpha value is -1.91. The van der Waals surface area contributed by atoms with Crippen molar-refractivity contribution in [2.75, 3.05) is 12.4 Å². The zero-order valence-corrected chi connectivity index (χ0v) is 12.0. The molecule has 0 amide bonds. The highest BCUT2D eigenvalue weighted by molar-refractivity contribution is 7.91. The Morgan fingerprint density at radius 2 is 2.25 bits per heavy atom. The number of nitrogens with one attached hydrogen (secondary N) is 2. The molecule has 8 nitrogen and oxygen atoms in total. The van der Waals surface area contributed by atoms with Crippen molar-refractivity contribution < 1.29 is 17.8 Å². The molecule has 0 aromatic carbocycles. The molecular formula is C10H11N3O5S2. The Labute approximate surface area is 118 Å². The maximum absolute atomic E-state index is 12.0. The highest BCUT2D eigenvalue weighted by Crippen LogP contribution is 2.36. The Bertz CT molecular complexity index is 705.